The molecule has 0 bridgehead atoms. The van der Waals surface area contributed by atoms with Gasteiger partial charge in [-0.15, -0.1) is 0 Å². The lowest BCUT2D eigenvalue weighted by Gasteiger charge is -2.11. The summed E-state index contributed by atoms with van der Waals surface area (Å²) < 4.78 is 0. The van der Waals surface area contributed by atoms with E-state index in [1.807, 2.05) is 6.07 Å². The van der Waals surface area contributed by atoms with Gasteiger partial charge in [-0.3, -0.25) is 0 Å². The maximum absolute atomic E-state index is 9.34. The van der Waals surface area contributed by atoms with Crippen LogP contribution >= 0.6 is 0 Å². The molecule has 0 amide bonds. The average Bonchev–Trinajstić information content (AvgIpc) is 2.36. The molecule has 0 aliphatic carbocycles. The monoisotopic (exact) mass is 140 g/mol. The first-order valence-corrected chi connectivity index (χ1v) is 3.28. The molecule has 1 heterocycles. The summed E-state index contributed by atoms with van der Waals surface area (Å²) in [5.41, 5.74) is 6.31. The lowest BCUT2D eigenvalue weighted by molar-refractivity contribution is 0.153. The van der Waals surface area contributed by atoms with Gasteiger partial charge in [-0.2, -0.15) is 0 Å². The van der Waals surface area contributed by atoms with E-state index < -0.39 is 6.10 Å². The molecule has 0 fully saturated rings. The van der Waals surface area contributed by atoms with Crippen LogP contribution in [0.5, 0.6) is 0 Å². The molecule has 2 unspecified atom stereocenters. The molecule has 0 spiro atoms. The minimum absolute atomic E-state index is 0.212. The van der Waals surface area contributed by atoms with Crippen molar-refractivity contribution in [2.75, 3.05) is 0 Å². The maximum Gasteiger partial charge on any atom is 0.0952 e. The van der Waals surface area contributed by atoms with Crippen LogP contribution in [0.2, 0.25) is 0 Å². The zero-order valence-corrected chi connectivity index (χ0v) is 5.91. The van der Waals surface area contributed by atoms with Gasteiger partial charge in [-0.1, -0.05) is 0 Å². The van der Waals surface area contributed by atoms with E-state index in [2.05, 4.69) is 4.98 Å². The van der Waals surface area contributed by atoms with E-state index in [1.54, 1.807) is 19.3 Å². The van der Waals surface area contributed by atoms with Crippen molar-refractivity contribution in [1.29, 1.82) is 0 Å². The summed E-state index contributed by atoms with van der Waals surface area (Å²) in [5, 5.41) is 9.34. The highest BCUT2D eigenvalue weighted by atomic mass is 16.3. The van der Waals surface area contributed by atoms with Crippen LogP contribution in [0.3, 0.4) is 0 Å². The molecule has 1 aromatic rings. The molecule has 0 aliphatic rings. The molecular weight excluding hydrogens is 128 g/mol. The van der Waals surface area contributed by atoms with Gasteiger partial charge in [0.05, 0.1) is 6.10 Å². The number of aliphatic hydroxyl groups is 1. The van der Waals surface area contributed by atoms with Crippen molar-refractivity contribution in [3.05, 3.63) is 24.0 Å². The van der Waals surface area contributed by atoms with Crippen molar-refractivity contribution in [1.82, 2.24) is 4.98 Å². The van der Waals surface area contributed by atoms with Crippen molar-refractivity contribution in [2.24, 2.45) is 5.73 Å². The van der Waals surface area contributed by atoms with Crippen LogP contribution in [0.4, 0.5) is 0 Å². The highest BCUT2D eigenvalue weighted by Gasteiger charge is 2.11. The van der Waals surface area contributed by atoms with Crippen LogP contribution in [0.15, 0.2) is 18.5 Å². The Hall–Kier alpha value is -0.800. The molecule has 4 N–H and O–H groups in total. The van der Waals surface area contributed by atoms with Gasteiger partial charge in [-0.05, 0) is 18.6 Å². The van der Waals surface area contributed by atoms with Gasteiger partial charge in [0.2, 0.25) is 0 Å². The molecule has 2 atom stereocenters. The summed E-state index contributed by atoms with van der Waals surface area (Å²) in [6.07, 6.45) is 2.96. The van der Waals surface area contributed by atoms with Crippen molar-refractivity contribution < 1.29 is 5.11 Å². The van der Waals surface area contributed by atoms with Gasteiger partial charge >= 0.3 is 0 Å². The van der Waals surface area contributed by atoms with Gasteiger partial charge in [0.1, 0.15) is 0 Å². The zero-order chi connectivity index (χ0) is 7.56. The van der Waals surface area contributed by atoms with Gasteiger partial charge < -0.3 is 15.8 Å². The Kier molecular flexibility index (Phi) is 2.09. The SMILES string of the molecule is CC(N)C(O)c1cc[nH]c1. The maximum atomic E-state index is 9.34. The molecule has 1 rings (SSSR count). The smallest absolute Gasteiger partial charge is 0.0952 e. The predicted octanol–water partition coefficient (Wildman–Crippen LogP) is 0.395. The minimum Gasteiger partial charge on any atom is -0.387 e. The third-order valence-electron chi connectivity index (χ3n) is 1.46. The van der Waals surface area contributed by atoms with Crippen LogP contribution < -0.4 is 5.73 Å². The zero-order valence-electron chi connectivity index (χ0n) is 5.91. The third kappa shape index (κ3) is 1.37. The first-order chi connectivity index (χ1) is 4.72. The van der Waals surface area contributed by atoms with Crippen LogP contribution in [0.25, 0.3) is 0 Å². The number of aromatic nitrogens is 1. The van der Waals surface area contributed by atoms with Crippen molar-refractivity contribution >= 4 is 0 Å². The molecule has 0 radical (unpaired) electrons. The van der Waals surface area contributed by atoms with Gasteiger partial charge in [0.25, 0.3) is 0 Å². The Bertz CT molecular complexity index is 181. The minimum atomic E-state index is -0.550. The fraction of sp³-hybridized carbons (Fsp3) is 0.429. The lowest BCUT2D eigenvalue weighted by atomic mass is 10.1. The van der Waals surface area contributed by atoms with E-state index in [9.17, 15) is 5.11 Å². The second kappa shape index (κ2) is 2.86. The average molecular weight is 140 g/mol. The largest absolute Gasteiger partial charge is 0.387 e. The molecule has 3 heteroatoms. The first kappa shape index (κ1) is 7.31. The number of rotatable bonds is 2. The Labute approximate surface area is 59.9 Å². The van der Waals surface area contributed by atoms with Crippen LogP contribution in [-0.4, -0.2) is 16.1 Å². The van der Waals surface area contributed by atoms with E-state index >= 15 is 0 Å². The lowest BCUT2D eigenvalue weighted by Crippen LogP contribution is -2.23. The van der Waals surface area contributed by atoms with Gasteiger partial charge in [0.15, 0.2) is 0 Å². The Morgan fingerprint density at radius 1 is 1.70 bits per heavy atom. The third-order valence-corrected chi connectivity index (χ3v) is 1.46. The summed E-state index contributed by atoms with van der Waals surface area (Å²) in [6, 6.07) is 1.60. The van der Waals surface area contributed by atoms with Crippen molar-refractivity contribution in [2.45, 2.75) is 19.1 Å². The number of hydrogen-bond donors (Lipinski definition) is 3. The van der Waals surface area contributed by atoms with E-state index in [1.165, 1.54) is 0 Å². The number of aliphatic hydroxyl groups excluding tert-OH is 1. The topological polar surface area (TPSA) is 62.0 Å². The molecule has 56 valence electrons. The molecule has 0 aliphatic heterocycles. The van der Waals surface area contributed by atoms with E-state index in [4.69, 9.17) is 5.73 Å². The van der Waals surface area contributed by atoms with E-state index in [0.717, 1.165) is 5.56 Å². The Balaban J connectivity index is 2.68. The second-order valence-corrected chi connectivity index (χ2v) is 2.45. The quantitative estimate of drug-likeness (QED) is 0.556. The summed E-state index contributed by atoms with van der Waals surface area (Å²) in [5.74, 6) is 0. The number of nitrogens with one attached hydrogen (secondary N) is 1. The first-order valence-electron chi connectivity index (χ1n) is 3.28. The van der Waals surface area contributed by atoms with Crippen molar-refractivity contribution in [3.63, 3.8) is 0 Å². The summed E-state index contributed by atoms with van der Waals surface area (Å²) in [7, 11) is 0. The molecule has 10 heavy (non-hydrogen) atoms. The van der Waals surface area contributed by atoms with Crippen LogP contribution in [-0.2, 0) is 0 Å². The highest BCUT2D eigenvalue weighted by molar-refractivity contribution is 5.13. The molecular formula is C7H12N2O. The summed E-state index contributed by atoms with van der Waals surface area (Å²) in [6.45, 7) is 1.78. The molecule has 0 aromatic carbocycles. The Morgan fingerprint density at radius 3 is 2.80 bits per heavy atom. The molecule has 1 aromatic heterocycles. The number of H-pyrrole nitrogens is 1. The predicted molar refractivity (Wildman–Crippen MR) is 39.4 cm³/mol. The normalized spacial score (nSPS) is 16.7. The fourth-order valence-electron chi connectivity index (χ4n) is 0.824. The fourth-order valence-corrected chi connectivity index (χ4v) is 0.824. The summed E-state index contributed by atoms with van der Waals surface area (Å²) in [4.78, 5) is 2.85. The van der Waals surface area contributed by atoms with Gasteiger partial charge in [0, 0.05) is 18.4 Å². The van der Waals surface area contributed by atoms with E-state index in [0.29, 0.717) is 0 Å². The van der Waals surface area contributed by atoms with Crippen LogP contribution in [0, 0.1) is 0 Å². The number of aromatic amines is 1. The standard InChI is InChI=1S/C7H12N2O/c1-5(8)7(10)6-2-3-9-4-6/h2-5,7,9-10H,8H2,1H3. The molecule has 0 saturated heterocycles. The molecule has 0 saturated carbocycles. The molecule has 3 nitrogen and oxygen atoms in total. The number of hydrogen-bond acceptors (Lipinski definition) is 2. The summed E-state index contributed by atoms with van der Waals surface area (Å²) >= 11 is 0. The van der Waals surface area contributed by atoms with Crippen LogP contribution in [0.1, 0.15) is 18.6 Å². The second-order valence-electron chi connectivity index (χ2n) is 2.45. The van der Waals surface area contributed by atoms with Crippen molar-refractivity contribution in [3.8, 4) is 0 Å². The van der Waals surface area contributed by atoms with Gasteiger partial charge in [-0.25, -0.2) is 0 Å². The highest BCUT2D eigenvalue weighted by Crippen LogP contribution is 2.13. The Morgan fingerprint density at radius 2 is 2.40 bits per heavy atom. The van der Waals surface area contributed by atoms with E-state index in [-0.39, 0.29) is 6.04 Å². The number of nitrogens with two attached hydrogens (primary N) is 1.